The summed E-state index contributed by atoms with van der Waals surface area (Å²) in [5.41, 5.74) is 0.458. The van der Waals surface area contributed by atoms with Crippen molar-refractivity contribution in [3.8, 4) is 0 Å². The lowest BCUT2D eigenvalue weighted by atomic mass is 9.96. The summed E-state index contributed by atoms with van der Waals surface area (Å²) in [5.74, 6) is -0.967. The third-order valence-corrected chi connectivity index (χ3v) is 8.34. The topological polar surface area (TPSA) is 126 Å². The number of rotatable bonds is 4. The molecule has 5 rings (SSSR count). The number of anilines is 1. The molecule has 1 aromatic carbocycles. The number of fused-ring (bicyclic) bond motifs is 1. The van der Waals surface area contributed by atoms with Crippen LogP contribution in [0.25, 0.3) is 0 Å². The second-order valence-corrected chi connectivity index (χ2v) is 12.3. The van der Waals surface area contributed by atoms with Crippen LogP contribution < -0.4 is 10.2 Å². The second-order valence-electron chi connectivity index (χ2n) is 12.3. The minimum Gasteiger partial charge on any atom is -0.444 e. The van der Waals surface area contributed by atoms with Crippen molar-refractivity contribution in [3.63, 3.8) is 0 Å². The number of hydrogen-bond acceptors (Lipinski definition) is 9. The zero-order chi connectivity index (χ0) is 28.8. The van der Waals surface area contributed by atoms with Crippen LogP contribution in [0.3, 0.4) is 0 Å². The van der Waals surface area contributed by atoms with E-state index >= 15 is 4.39 Å². The van der Waals surface area contributed by atoms with Crippen LogP contribution in [0.15, 0.2) is 12.1 Å². The summed E-state index contributed by atoms with van der Waals surface area (Å²) in [6.07, 6.45) is -0.781. The molecule has 0 aliphatic carbocycles. The number of carbonyl (C=O) groups excluding carboxylic acids is 3. The van der Waals surface area contributed by atoms with Crippen LogP contribution in [0.4, 0.5) is 14.9 Å². The largest absolute Gasteiger partial charge is 0.444 e. The number of benzene rings is 1. The van der Waals surface area contributed by atoms with Gasteiger partial charge < -0.3 is 24.7 Å². The van der Waals surface area contributed by atoms with Crippen LogP contribution in [-0.4, -0.2) is 100 Å². The molecule has 220 valence electrons. The van der Waals surface area contributed by atoms with Gasteiger partial charge in [-0.1, -0.05) is 0 Å². The molecular weight excluding hydrogens is 521 g/mol. The normalized spacial score (nSPS) is 27.1. The van der Waals surface area contributed by atoms with Gasteiger partial charge in [0.15, 0.2) is 0 Å². The second kappa shape index (κ2) is 11.2. The monoisotopic (exact) mass is 561 g/mol. The van der Waals surface area contributed by atoms with Crippen molar-refractivity contribution in [2.45, 2.75) is 70.6 Å². The van der Waals surface area contributed by atoms with E-state index in [1.165, 1.54) is 11.0 Å². The summed E-state index contributed by atoms with van der Waals surface area (Å²) >= 11 is 0. The molecule has 3 N–H and O–H groups in total. The molecular formula is C28H40FN5O6. The molecule has 11 nitrogen and oxygen atoms in total. The molecule has 0 bridgehead atoms. The highest BCUT2D eigenvalue weighted by Crippen LogP contribution is 2.44. The van der Waals surface area contributed by atoms with Crippen molar-refractivity contribution in [1.29, 1.82) is 0 Å². The van der Waals surface area contributed by atoms with Gasteiger partial charge in [-0.25, -0.2) is 14.1 Å². The predicted molar refractivity (Wildman–Crippen MR) is 144 cm³/mol. The number of nitrogens with zero attached hydrogens (tertiary/aromatic N) is 4. The first-order valence-electron chi connectivity index (χ1n) is 14.2. The number of piperazine rings is 1. The smallest absolute Gasteiger partial charge is 0.410 e. The minimum absolute atomic E-state index is 0.107. The number of aliphatic hydroxyl groups is 2. The van der Waals surface area contributed by atoms with Crippen molar-refractivity contribution in [1.82, 2.24) is 20.0 Å². The number of hydrogen-bond donors (Lipinski definition) is 3. The Balaban J connectivity index is 1.16. The molecule has 0 aromatic heterocycles. The lowest BCUT2D eigenvalue weighted by Gasteiger charge is -2.40. The number of piperidine rings is 2. The number of amides is 3. The summed E-state index contributed by atoms with van der Waals surface area (Å²) in [7, 11) is 0. The zero-order valence-corrected chi connectivity index (χ0v) is 23.4. The maximum Gasteiger partial charge on any atom is 0.410 e. The Bertz CT molecular complexity index is 1140. The van der Waals surface area contributed by atoms with Gasteiger partial charge in [0.25, 0.3) is 0 Å². The average molecular weight is 562 g/mol. The van der Waals surface area contributed by atoms with E-state index in [1.54, 1.807) is 11.0 Å². The number of aliphatic hydroxyl groups excluding tert-OH is 2. The Morgan fingerprint density at radius 3 is 2.23 bits per heavy atom. The van der Waals surface area contributed by atoms with Crippen LogP contribution in [-0.2, 0) is 14.3 Å². The van der Waals surface area contributed by atoms with Crippen LogP contribution in [0.5, 0.6) is 0 Å². The highest BCUT2D eigenvalue weighted by atomic mass is 19.1. The number of likely N-dealkylation sites (tertiary alicyclic amines) is 1. The number of imide groups is 1. The fourth-order valence-corrected chi connectivity index (χ4v) is 6.21. The fourth-order valence-electron chi connectivity index (χ4n) is 6.21. The molecule has 4 heterocycles. The van der Waals surface area contributed by atoms with E-state index in [0.717, 1.165) is 32.5 Å². The number of carbonyl (C=O) groups is 3. The van der Waals surface area contributed by atoms with Gasteiger partial charge in [-0.05, 0) is 58.1 Å². The quantitative estimate of drug-likeness (QED) is 0.471. The van der Waals surface area contributed by atoms with Crippen molar-refractivity contribution < 1.29 is 33.7 Å². The lowest BCUT2D eigenvalue weighted by Crippen LogP contribution is -2.52. The Morgan fingerprint density at radius 2 is 1.62 bits per heavy atom. The standard InChI is InChI=1S/C28H40FN5O6/c1-28(2,3)40-27(39)33-8-6-17(7-9-33)16-31-10-12-32(13-11-31)22-15-19-18(14-20(22)29)25(37)34(26(19)38)21-4-5-23(35)30-24(21)36/h14-15,17,21,25-26,37-38H,4-13,16H2,1-3H3,(H,30,35,36). The van der Waals surface area contributed by atoms with E-state index in [2.05, 4.69) is 10.2 Å². The molecule has 3 amide bonds. The highest BCUT2D eigenvalue weighted by molar-refractivity contribution is 6.00. The van der Waals surface area contributed by atoms with Crippen molar-refractivity contribution in [2.75, 3.05) is 50.7 Å². The molecule has 3 atom stereocenters. The summed E-state index contributed by atoms with van der Waals surface area (Å²) in [5, 5.41) is 24.1. The molecule has 4 aliphatic heterocycles. The average Bonchev–Trinajstić information content (AvgIpc) is 3.12. The molecule has 0 radical (unpaired) electrons. The molecule has 12 heteroatoms. The zero-order valence-electron chi connectivity index (χ0n) is 23.4. The maximum atomic E-state index is 15.3. The summed E-state index contributed by atoms with van der Waals surface area (Å²) in [6.45, 7) is 10.6. The third-order valence-electron chi connectivity index (χ3n) is 8.34. The SMILES string of the molecule is CC(C)(C)OC(=O)N1CCC(CN2CCN(c3cc4c(cc3F)C(O)N(C3CCC(=O)NC3=O)C4O)CC2)CC1. The molecule has 0 spiro atoms. The van der Waals surface area contributed by atoms with E-state index in [0.29, 0.717) is 43.3 Å². The van der Waals surface area contributed by atoms with Gasteiger partial charge in [-0.3, -0.25) is 19.8 Å². The first-order valence-corrected chi connectivity index (χ1v) is 14.2. The number of ether oxygens (including phenoxy) is 1. The van der Waals surface area contributed by atoms with Gasteiger partial charge in [0.1, 0.15) is 23.9 Å². The summed E-state index contributed by atoms with van der Waals surface area (Å²) in [6, 6.07) is 1.93. The first-order chi connectivity index (χ1) is 18.9. The van der Waals surface area contributed by atoms with Crippen molar-refractivity contribution in [2.24, 2.45) is 5.92 Å². The molecule has 1 aromatic rings. The Hall–Kier alpha value is -2.80. The fraction of sp³-hybridized carbons (Fsp3) is 0.679. The molecule has 4 aliphatic rings. The van der Waals surface area contributed by atoms with Gasteiger partial charge >= 0.3 is 6.09 Å². The Labute approximate surface area is 233 Å². The van der Waals surface area contributed by atoms with Gasteiger partial charge in [-0.2, -0.15) is 0 Å². The highest BCUT2D eigenvalue weighted by Gasteiger charge is 2.45. The van der Waals surface area contributed by atoms with Gasteiger partial charge in [-0.15, -0.1) is 0 Å². The molecule has 3 saturated heterocycles. The van der Waals surface area contributed by atoms with Crippen molar-refractivity contribution >= 4 is 23.6 Å². The molecule has 3 fully saturated rings. The van der Waals surface area contributed by atoms with Crippen LogP contribution in [0, 0.1) is 11.7 Å². The van der Waals surface area contributed by atoms with E-state index in [4.69, 9.17) is 4.74 Å². The third kappa shape index (κ3) is 5.95. The Kier molecular flexibility index (Phi) is 8.06. The van der Waals surface area contributed by atoms with Gasteiger partial charge in [0.05, 0.1) is 11.7 Å². The van der Waals surface area contributed by atoms with E-state index in [-0.39, 0.29) is 30.4 Å². The Morgan fingerprint density at radius 1 is 1.00 bits per heavy atom. The molecule has 0 saturated carbocycles. The molecule has 40 heavy (non-hydrogen) atoms. The maximum absolute atomic E-state index is 15.3. The number of nitrogens with one attached hydrogen (secondary N) is 1. The van der Waals surface area contributed by atoms with E-state index < -0.39 is 35.8 Å². The van der Waals surface area contributed by atoms with E-state index in [1.807, 2.05) is 25.7 Å². The van der Waals surface area contributed by atoms with Crippen LogP contribution in [0.1, 0.15) is 70.0 Å². The first kappa shape index (κ1) is 28.7. The lowest BCUT2D eigenvalue weighted by molar-refractivity contribution is -0.154. The molecule has 3 unspecified atom stereocenters. The van der Waals surface area contributed by atoms with Crippen molar-refractivity contribution in [3.05, 3.63) is 29.1 Å². The van der Waals surface area contributed by atoms with Crippen LogP contribution >= 0.6 is 0 Å². The number of halogens is 1. The predicted octanol–water partition coefficient (Wildman–Crippen LogP) is 1.70. The van der Waals surface area contributed by atoms with Gasteiger partial charge in [0.2, 0.25) is 11.8 Å². The summed E-state index contributed by atoms with van der Waals surface area (Å²) in [4.78, 5) is 43.6. The minimum atomic E-state index is -1.35. The van der Waals surface area contributed by atoms with Gasteiger partial charge in [0, 0.05) is 63.4 Å². The summed E-state index contributed by atoms with van der Waals surface area (Å²) < 4.78 is 20.8. The van der Waals surface area contributed by atoms with Crippen LogP contribution in [0.2, 0.25) is 0 Å². The van der Waals surface area contributed by atoms with E-state index in [9.17, 15) is 24.6 Å².